The molecule has 2 aliphatic rings. The van der Waals surface area contributed by atoms with Crippen LogP contribution in [0.1, 0.15) is 0 Å². The van der Waals surface area contributed by atoms with Gasteiger partial charge in [-0.15, -0.1) is 0 Å². The van der Waals surface area contributed by atoms with Crippen LogP contribution in [0.15, 0.2) is 57.9 Å². The number of benzene rings is 2. The number of β-amino-alcohol motifs (C(OH)–C–C–N with tert-alkyl or cyclic N) is 4. The van der Waals surface area contributed by atoms with Crippen molar-refractivity contribution >= 4 is 11.0 Å². The largest absolute Gasteiger partial charge is 0.491 e. The summed E-state index contributed by atoms with van der Waals surface area (Å²) in [4.78, 5) is 22.1. The molecule has 0 aliphatic carbocycles. The van der Waals surface area contributed by atoms with E-state index in [0.717, 1.165) is 52.4 Å². The minimum Gasteiger partial charge on any atom is -0.491 e. The second kappa shape index (κ2) is 16.5. The molecule has 12 nitrogen and oxygen atoms in total. The Morgan fingerprint density at radius 3 is 1.71 bits per heavy atom. The Kier molecular flexibility index (Phi) is 12.2. The highest BCUT2D eigenvalue weighted by Crippen LogP contribution is 2.25. The molecule has 246 valence electrons. The summed E-state index contributed by atoms with van der Waals surface area (Å²) in [5.41, 5.74) is 1.36. The maximum absolute atomic E-state index is 13.3. The number of fused-ring (bicyclic) bond motifs is 1. The van der Waals surface area contributed by atoms with Crippen LogP contribution in [0, 0.1) is 0 Å². The highest BCUT2D eigenvalue weighted by atomic mass is 16.5. The quantitative estimate of drug-likeness (QED) is 0.183. The van der Waals surface area contributed by atoms with Crippen molar-refractivity contribution in [2.45, 2.75) is 12.2 Å². The van der Waals surface area contributed by atoms with Crippen LogP contribution >= 0.6 is 0 Å². The van der Waals surface area contributed by atoms with E-state index in [-0.39, 0.29) is 31.9 Å². The Balaban J connectivity index is 1.09. The van der Waals surface area contributed by atoms with Gasteiger partial charge in [-0.3, -0.25) is 24.4 Å². The van der Waals surface area contributed by atoms with Crippen LogP contribution in [0.25, 0.3) is 22.1 Å². The average molecular weight is 627 g/mol. The van der Waals surface area contributed by atoms with E-state index in [2.05, 4.69) is 19.6 Å². The minimum atomic E-state index is -0.659. The summed E-state index contributed by atoms with van der Waals surface area (Å²) in [5, 5.41) is 39.6. The van der Waals surface area contributed by atoms with Crippen LogP contribution in [-0.4, -0.2) is 157 Å². The number of piperazine rings is 2. The van der Waals surface area contributed by atoms with E-state index >= 15 is 0 Å². The molecule has 5 rings (SSSR count). The lowest BCUT2D eigenvalue weighted by atomic mass is 10.1. The Hall–Kier alpha value is -3.07. The van der Waals surface area contributed by atoms with Gasteiger partial charge in [-0.25, -0.2) is 0 Å². The van der Waals surface area contributed by atoms with Crippen molar-refractivity contribution in [2.75, 3.05) is 105 Å². The third-order valence-corrected chi connectivity index (χ3v) is 8.50. The molecule has 2 fully saturated rings. The molecule has 0 amide bonds. The first-order valence-corrected chi connectivity index (χ1v) is 15.8. The van der Waals surface area contributed by atoms with Gasteiger partial charge in [0.2, 0.25) is 0 Å². The van der Waals surface area contributed by atoms with E-state index in [1.54, 1.807) is 42.5 Å². The summed E-state index contributed by atoms with van der Waals surface area (Å²) < 4.78 is 17.4. The van der Waals surface area contributed by atoms with Gasteiger partial charge in [0.05, 0.1) is 24.2 Å². The van der Waals surface area contributed by atoms with Gasteiger partial charge in [0.1, 0.15) is 48.8 Å². The second-order valence-electron chi connectivity index (χ2n) is 11.8. The number of hydrogen-bond acceptors (Lipinski definition) is 12. The van der Waals surface area contributed by atoms with E-state index in [4.69, 9.17) is 24.1 Å². The Morgan fingerprint density at radius 2 is 1.18 bits per heavy atom. The molecular weight excluding hydrogens is 580 g/mol. The number of aliphatic hydroxyl groups is 4. The van der Waals surface area contributed by atoms with Gasteiger partial charge < -0.3 is 34.3 Å². The summed E-state index contributed by atoms with van der Waals surface area (Å²) in [5.74, 6) is 1.11. The predicted molar refractivity (Wildman–Crippen MR) is 171 cm³/mol. The standard InChI is InChI=1S/C33H46N4O8/c38-17-15-34-7-11-36(12-8-34)20-26(40)22-43-28-3-1-25(2-4-28)31-24-45-32-19-29(5-6-30(32)33(31)42)44-23-27(41)21-37-13-9-35(10-14-37)16-18-39/h1-6,19,24,26-27,38-41H,7-18,20-23H2. The number of ether oxygens (including phenoxy) is 2. The van der Waals surface area contributed by atoms with E-state index in [1.807, 2.05) is 0 Å². The molecular formula is C33H46N4O8. The molecule has 4 N–H and O–H groups in total. The van der Waals surface area contributed by atoms with Crippen LogP contribution in [-0.2, 0) is 0 Å². The van der Waals surface area contributed by atoms with Crippen molar-refractivity contribution in [2.24, 2.45) is 0 Å². The second-order valence-corrected chi connectivity index (χ2v) is 11.8. The lowest BCUT2D eigenvalue weighted by molar-refractivity contribution is 0.0428. The zero-order valence-corrected chi connectivity index (χ0v) is 25.8. The highest BCUT2D eigenvalue weighted by Gasteiger charge is 2.21. The molecule has 12 heteroatoms. The fourth-order valence-corrected chi connectivity index (χ4v) is 5.89. The number of hydrogen-bond donors (Lipinski definition) is 4. The number of aliphatic hydroxyl groups excluding tert-OH is 4. The average Bonchev–Trinajstić information content (AvgIpc) is 3.05. The summed E-state index contributed by atoms with van der Waals surface area (Å²) in [6.07, 6.45) is 0.158. The monoisotopic (exact) mass is 626 g/mol. The SMILES string of the molecule is O=c1c(-c2ccc(OCC(O)CN3CCN(CCO)CC3)cc2)coc2cc(OCC(O)CN3CCN(CCO)CC3)ccc12. The summed E-state index contributed by atoms with van der Waals surface area (Å²) in [6, 6.07) is 12.2. The molecule has 2 aromatic carbocycles. The van der Waals surface area contributed by atoms with E-state index < -0.39 is 12.2 Å². The zero-order chi connectivity index (χ0) is 31.6. The molecule has 0 saturated carbocycles. The van der Waals surface area contributed by atoms with Crippen LogP contribution in [0.5, 0.6) is 11.5 Å². The Morgan fingerprint density at radius 1 is 0.689 bits per heavy atom. The van der Waals surface area contributed by atoms with Crippen molar-refractivity contribution < 1.29 is 34.3 Å². The van der Waals surface area contributed by atoms with Crippen LogP contribution in [0.4, 0.5) is 0 Å². The normalized spacial score (nSPS) is 18.7. The molecule has 2 aliphatic heterocycles. The van der Waals surface area contributed by atoms with Crippen molar-refractivity contribution in [1.29, 1.82) is 0 Å². The molecule has 2 unspecified atom stereocenters. The predicted octanol–water partition coefficient (Wildman–Crippen LogP) is 0.159. The molecule has 0 bridgehead atoms. The maximum atomic E-state index is 13.3. The van der Waals surface area contributed by atoms with Gasteiger partial charge in [0.25, 0.3) is 0 Å². The van der Waals surface area contributed by atoms with Crippen molar-refractivity contribution in [3.8, 4) is 22.6 Å². The summed E-state index contributed by atoms with van der Waals surface area (Å²) in [6.45, 7) is 9.89. The molecule has 3 heterocycles. The molecule has 3 aromatic rings. The fraction of sp³-hybridized carbons (Fsp3) is 0.545. The smallest absolute Gasteiger partial charge is 0.200 e. The minimum absolute atomic E-state index is 0.124. The van der Waals surface area contributed by atoms with Crippen LogP contribution < -0.4 is 14.9 Å². The van der Waals surface area contributed by atoms with Gasteiger partial charge in [-0.1, -0.05) is 12.1 Å². The lowest BCUT2D eigenvalue weighted by Gasteiger charge is -2.35. The molecule has 0 radical (unpaired) electrons. The van der Waals surface area contributed by atoms with Crippen molar-refractivity contribution in [3.63, 3.8) is 0 Å². The Bertz CT molecular complexity index is 1390. The zero-order valence-electron chi connectivity index (χ0n) is 25.8. The highest BCUT2D eigenvalue weighted by molar-refractivity contribution is 5.82. The van der Waals surface area contributed by atoms with E-state index in [1.165, 1.54) is 6.26 Å². The number of nitrogens with zero attached hydrogens (tertiary/aromatic N) is 4. The first-order chi connectivity index (χ1) is 21.9. The van der Waals surface area contributed by atoms with E-state index in [9.17, 15) is 15.0 Å². The van der Waals surface area contributed by atoms with Crippen LogP contribution in [0.2, 0.25) is 0 Å². The van der Waals surface area contributed by atoms with Gasteiger partial charge in [-0.05, 0) is 29.8 Å². The fourth-order valence-electron chi connectivity index (χ4n) is 5.89. The molecule has 1 aromatic heterocycles. The first kappa shape index (κ1) is 33.3. The summed E-state index contributed by atoms with van der Waals surface area (Å²) in [7, 11) is 0. The lowest BCUT2D eigenvalue weighted by Crippen LogP contribution is -2.49. The number of rotatable bonds is 15. The van der Waals surface area contributed by atoms with Crippen molar-refractivity contribution in [1.82, 2.24) is 19.6 Å². The molecule has 0 spiro atoms. The van der Waals surface area contributed by atoms with E-state index in [0.29, 0.717) is 59.8 Å². The first-order valence-electron chi connectivity index (χ1n) is 15.8. The van der Waals surface area contributed by atoms with Gasteiger partial charge >= 0.3 is 0 Å². The van der Waals surface area contributed by atoms with Crippen LogP contribution in [0.3, 0.4) is 0 Å². The Labute approximate surface area is 263 Å². The molecule has 2 atom stereocenters. The summed E-state index contributed by atoms with van der Waals surface area (Å²) >= 11 is 0. The third-order valence-electron chi connectivity index (χ3n) is 8.50. The van der Waals surface area contributed by atoms with Gasteiger partial charge in [0, 0.05) is 84.6 Å². The third kappa shape index (κ3) is 9.47. The molecule has 2 saturated heterocycles. The molecule has 45 heavy (non-hydrogen) atoms. The maximum Gasteiger partial charge on any atom is 0.200 e. The van der Waals surface area contributed by atoms with Gasteiger partial charge in [0.15, 0.2) is 5.43 Å². The van der Waals surface area contributed by atoms with Gasteiger partial charge in [-0.2, -0.15) is 0 Å². The topological polar surface area (TPSA) is 143 Å². The van der Waals surface area contributed by atoms with Crippen molar-refractivity contribution in [3.05, 3.63) is 59.0 Å².